The number of aryl methyl sites for hydroxylation is 1. The molecule has 2 rings (SSSR count). The lowest BCUT2D eigenvalue weighted by Gasteiger charge is -2.30. The van der Waals surface area contributed by atoms with Gasteiger partial charge in [-0.05, 0) is 27.7 Å². The molecule has 8 nitrogen and oxygen atoms in total. The van der Waals surface area contributed by atoms with Gasteiger partial charge >= 0.3 is 6.03 Å². The van der Waals surface area contributed by atoms with E-state index in [0.29, 0.717) is 12.2 Å². The van der Waals surface area contributed by atoms with E-state index in [-0.39, 0.29) is 24.0 Å². The van der Waals surface area contributed by atoms with Gasteiger partial charge in [-0.25, -0.2) is 9.48 Å². The van der Waals surface area contributed by atoms with Gasteiger partial charge in [0.25, 0.3) is 0 Å². The Balaban J connectivity index is 2.16. The maximum Gasteiger partial charge on any atom is 0.320 e. The van der Waals surface area contributed by atoms with E-state index in [1.54, 1.807) is 10.7 Å². The van der Waals surface area contributed by atoms with Crippen LogP contribution in [0.1, 0.15) is 39.2 Å². The Morgan fingerprint density at radius 1 is 1.52 bits per heavy atom. The molecule has 0 radical (unpaired) electrons. The molecule has 4 N–H and O–H groups in total. The molecule has 1 aromatic rings. The second-order valence-corrected chi connectivity index (χ2v) is 5.61. The van der Waals surface area contributed by atoms with Crippen molar-refractivity contribution >= 4 is 17.8 Å². The number of anilines is 1. The fraction of sp³-hybridized carbons (Fsp3) is 0.615. The van der Waals surface area contributed by atoms with Crippen molar-refractivity contribution in [3.05, 3.63) is 11.8 Å². The monoisotopic (exact) mass is 294 g/mol. The number of urea groups is 1. The molecule has 0 aromatic carbocycles. The van der Waals surface area contributed by atoms with E-state index in [0.717, 1.165) is 5.69 Å². The van der Waals surface area contributed by atoms with Crippen LogP contribution in [0.4, 0.5) is 10.6 Å². The number of hydrogen-bond donors (Lipinski definition) is 4. The summed E-state index contributed by atoms with van der Waals surface area (Å²) in [6, 6.07) is 1.54. The molecule has 1 aliphatic heterocycles. The van der Waals surface area contributed by atoms with Crippen LogP contribution in [0.5, 0.6) is 0 Å². The topological polar surface area (TPSA) is 100 Å². The zero-order valence-electron chi connectivity index (χ0n) is 12.7. The number of aromatic nitrogens is 2. The average molecular weight is 294 g/mol. The molecule has 2 unspecified atom stereocenters. The summed E-state index contributed by atoms with van der Waals surface area (Å²) in [5, 5.41) is 15.9. The quantitative estimate of drug-likeness (QED) is 0.658. The molecule has 1 fully saturated rings. The van der Waals surface area contributed by atoms with Crippen LogP contribution in [0, 0.1) is 6.92 Å². The Hall–Kier alpha value is -2.09. The highest BCUT2D eigenvalue weighted by molar-refractivity contribution is 5.88. The van der Waals surface area contributed by atoms with Gasteiger partial charge in [-0.3, -0.25) is 15.4 Å². The first-order valence-corrected chi connectivity index (χ1v) is 7.04. The summed E-state index contributed by atoms with van der Waals surface area (Å²) < 4.78 is 1.57. The highest BCUT2D eigenvalue weighted by Gasteiger charge is 2.26. The standard InChI is InChI=1S/C13H22N6O2/c1-7(2)14-13(21)16-10-5-9(4)18-19(10)12-15-8(3)6-11(20)17-12/h5,7-8,12,15H,6H2,1-4H3,(H,17,20)(H2,14,16,21). The third-order valence-corrected chi connectivity index (χ3v) is 3.00. The molecule has 3 amide bonds. The Morgan fingerprint density at radius 3 is 2.86 bits per heavy atom. The zero-order valence-corrected chi connectivity index (χ0v) is 12.7. The minimum atomic E-state index is -0.468. The number of amides is 3. The lowest BCUT2D eigenvalue weighted by Crippen LogP contribution is -2.52. The van der Waals surface area contributed by atoms with Gasteiger partial charge in [0.15, 0.2) is 6.29 Å². The van der Waals surface area contributed by atoms with Crippen LogP contribution in [0.3, 0.4) is 0 Å². The van der Waals surface area contributed by atoms with E-state index < -0.39 is 6.29 Å². The highest BCUT2D eigenvalue weighted by atomic mass is 16.2. The van der Waals surface area contributed by atoms with Crippen LogP contribution in [0.2, 0.25) is 0 Å². The Kier molecular flexibility index (Phi) is 4.46. The fourth-order valence-electron chi connectivity index (χ4n) is 2.21. The molecule has 1 aliphatic rings. The van der Waals surface area contributed by atoms with E-state index in [2.05, 4.69) is 26.4 Å². The lowest BCUT2D eigenvalue weighted by atomic mass is 10.2. The van der Waals surface area contributed by atoms with Crippen LogP contribution < -0.4 is 21.3 Å². The molecule has 0 bridgehead atoms. The Bertz CT molecular complexity index is 539. The molecule has 0 spiro atoms. The summed E-state index contributed by atoms with van der Waals surface area (Å²) in [5.41, 5.74) is 0.754. The summed E-state index contributed by atoms with van der Waals surface area (Å²) in [7, 11) is 0. The molecule has 21 heavy (non-hydrogen) atoms. The van der Waals surface area contributed by atoms with Gasteiger partial charge in [0.05, 0.1) is 5.69 Å². The van der Waals surface area contributed by atoms with Gasteiger partial charge < -0.3 is 10.6 Å². The number of nitrogens with one attached hydrogen (secondary N) is 4. The van der Waals surface area contributed by atoms with Crippen molar-refractivity contribution in [2.75, 3.05) is 5.32 Å². The van der Waals surface area contributed by atoms with Gasteiger partial charge in [-0.2, -0.15) is 5.10 Å². The van der Waals surface area contributed by atoms with Crippen LogP contribution >= 0.6 is 0 Å². The summed E-state index contributed by atoms with van der Waals surface area (Å²) in [6.07, 6.45) is -0.0443. The number of nitrogens with zero attached hydrogens (tertiary/aromatic N) is 2. The number of rotatable bonds is 3. The molecule has 1 aromatic heterocycles. The number of carbonyl (C=O) groups excluding carboxylic acids is 2. The maximum absolute atomic E-state index is 11.8. The molecule has 0 aliphatic carbocycles. The summed E-state index contributed by atoms with van der Waals surface area (Å²) in [5.74, 6) is 0.481. The largest absolute Gasteiger partial charge is 0.336 e. The lowest BCUT2D eigenvalue weighted by molar-refractivity contribution is -0.125. The summed E-state index contributed by atoms with van der Waals surface area (Å²) in [4.78, 5) is 23.5. The predicted octanol–water partition coefficient (Wildman–Crippen LogP) is 0.676. The number of hydrogen-bond acceptors (Lipinski definition) is 4. The van der Waals surface area contributed by atoms with Crippen molar-refractivity contribution in [2.45, 2.75) is 52.5 Å². The number of carbonyl (C=O) groups is 2. The summed E-state index contributed by atoms with van der Waals surface area (Å²) >= 11 is 0. The van der Waals surface area contributed by atoms with Gasteiger partial charge in [0.2, 0.25) is 5.91 Å². The van der Waals surface area contributed by atoms with Gasteiger partial charge in [-0.1, -0.05) is 0 Å². The van der Waals surface area contributed by atoms with E-state index in [1.807, 2.05) is 27.7 Å². The van der Waals surface area contributed by atoms with Crippen LogP contribution in [-0.4, -0.2) is 33.8 Å². The molecule has 8 heteroatoms. The zero-order chi connectivity index (χ0) is 15.6. The third-order valence-electron chi connectivity index (χ3n) is 3.00. The fourth-order valence-corrected chi connectivity index (χ4v) is 2.21. The van der Waals surface area contributed by atoms with Crippen molar-refractivity contribution in [3.8, 4) is 0 Å². The molecule has 2 atom stereocenters. The van der Waals surface area contributed by atoms with Crippen molar-refractivity contribution in [1.29, 1.82) is 0 Å². The van der Waals surface area contributed by atoms with Gasteiger partial charge in [-0.15, -0.1) is 0 Å². The van der Waals surface area contributed by atoms with Crippen LogP contribution in [-0.2, 0) is 4.79 Å². The Labute approximate surface area is 123 Å². The van der Waals surface area contributed by atoms with Gasteiger partial charge in [0.1, 0.15) is 5.82 Å². The minimum Gasteiger partial charge on any atom is -0.336 e. The molecule has 1 saturated heterocycles. The predicted molar refractivity (Wildman–Crippen MR) is 78.6 cm³/mol. The molecule has 0 saturated carbocycles. The average Bonchev–Trinajstić information content (AvgIpc) is 2.67. The second kappa shape index (κ2) is 6.13. The molecular formula is C13H22N6O2. The molecular weight excluding hydrogens is 272 g/mol. The van der Waals surface area contributed by atoms with Gasteiger partial charge in [0, 0.05) is 24.6 Å². The molecule has 2 heterocycles. The minimum absolute atomic E-state index is 0.0370. The molecule has 116 valence electrons. The van der Waals surface area contributed by atoms with Crippen molar-refractivity contribution in [1.82, 2.24) is 25.7 Å². The van der Waals surface area contributed by atoms with E-state index in [9.17, 15) is 9.59 Å². The van der Waals surface area contributed by atoms with Crippen LogP contribution in [0.15, 0.2) is 6.07 Å². The maximum atomic E-state index is 11.8. The third kappa shape index (κ3) is 3.94. The first-order chi connectivity index (χ1) is 9.85. The normalized spacial score (nSPS) is 22.0. The highest BCUT2D eigenvalue weighted by Crippen LogP contribution is 2.17. The Morgan fingerprint density at radius 2 is 2.24 bits per heavy atom. The summed E-state index contributed by atoms with van der Waals surface area (Å²) in [6.45, 7) is 7.52. The second-order valence-electron chi connectivity index (χ2n) is 5.61. The van der Waals surface area contributed by atoms with Crippen LogP contribution in [0.25, 0.3) is 0 Å². The van der Waals surface area contributed by atoms with E-state index >= 15 is 0 Å². The van der Waals surface area contributed by atoms with Crippen molar-refractivity contribution < 1.29 is 9.59 Å². The smallest absolute Gasteiger partial charge is 0.320 e. The van der Waals surface area contributed by atoms with Crippen molar-refractivity contribution in [2.24, 2.45) is 0 Å². The van der Waals surface area contributed by atoms with E-state index in [1.165, 1.54) is 0 Å². The van der Waals surface area contributed by atoms with E-state index in [4.69, 9.17) is 0 Å². The first kappa shape index (κ1) is 15.3. The first-order valence-electron chi connectivity index (χ1n) is 7.04. The SMILES string of the molecule is Cc1cc(NC(=O)NC(C)C)n(C2NC(=O)CC(C)N2)n1. The van der Waals surface area contributed by atoms with Crippen molar-refractivity contribution in [3.63, 3.8) is 0 Å².